The number of hydrogen-bond acceptors (Lipinski definition) is 4. The van der Waals surface area contributed by atoms with Gasteiger partial charge in [-0.1, -0.05) is 20.8 Å². The van der Waals surface area contributed by atoms with Gasteiger partial charge < -0.3 is 15.7 Å². The minimum Gasteiger partial charge on any atom is -0.476 e. The fourth-order valence-corrected chi connectivity index (χ4v) is 2.19. The Morgan fingerprint density at radius 1 is 1.30 bits per heavy atom. The number of aromatic nitrogens is 1. The van der Waals surface area contributed by atoms with Crippen molar-refractivity contribution in [2.75, 3.05) is 13.1 Å². The first-order valence-electron chi connectivity index (χ1n) is 6.47. The van der Waals surface area contributed by atoms with Crippen LogP contribution in [0.1, 0.15) is 42.7 Å². The molecule has 0 aromatic carbocycles. The first-order valence-corrected chi connectivity index (χ1v) is 7.35. The molecule has 1 heterocycles. The summed E-state index contributed by atoms with van der Waals surface area (Å²) in [7, 11) is 0. The lowest BCUT2D eigenvalue weighted by Crippen LogP contribution is -2.38. The Bertz CT molecular complexity index is 466. The average molecular weight is 299 g/mol. The van der Waals surface area contributed by atoms with Gasteiger partial charge in [-0.15, -0.1) is 11.3 Å². The molecule has 20 heavy (non-hydrogen) atoms. The van der Waals surface area contributed by atoms with Crippen molar-refractivity contribution in [3.8, 4) is 0 Å². The highest BCUT2D eigenvalue weighted by atomic mass is 32.1. The van der Waals surface area contributed by atoms with E-state index < -0.39 is 5.97 Å². The van der Waals surface area contributed by atoms with Gasteiger partial charge in [-0.2, -0.15) is 0 Å². The number of nitrogens with zero attached hydrogens (tertiary/aromatic N) is 1. The number of hydrogen-bond donors (Lipinski definition) is 3. The second kappa shape index (κ2) is 7.23. The smallest absolute Gasteiger partial charge is 0.355 e. The van der Waals surface area contributed by atoms with Crippen LogP contribution in [0.2, 0.25) is 0 Å². The van der Waals surface area contributed by atoms with Crippen LogP contribution >= 0.6 is 11.3 Å². The summed E-state index contributed by atoms with van der Waals surface area (Å²) in [6.07, 6.45) is 1.44. The molecule has 2 amide bonds. The number of thiazole rings is 1. The Morgan fingerprint density at radius 2 is 1.95 bits per heavy atom. The van der Waals surface area contributed by atoms with Crippen LogP contribution in [0.5, 0.6) is 0 Å². The Morgan fingerprint density at radius 3 is 2.50 bits per heavy atom. The summed E-state index contributed by atoms with van der Waals surface area (Å²) in [5.74, 6) is -1.03. The third kappa shape index (κ3) is 6.51. The average Bonchev–Trinajstić information content (AvgIpc) is 2.76. The van der Waals surface area contributed by atoms with Gasteiger partial charge in [0.25, 0.3) is 0 Å². The molecule has 0 spiro atoms. The number of urea groups is 1. The topological polar surface area (TPSA) is 91.3 Å². The highest BCUT2D eigenvalue weighted by Gasteiger charge is 2.11. The highest BCUT2D eigenvalue weighted by molar-refractivity contribution is 7.09. The maximum Gasteiger partial charge on any atom is 0.355 e. The van der Waals surface area contributed by atoms with Gasteiger partial charge in [-0.3, -0.25) is 0 Å². The molecule has 0 radical (unpaired) electrons. The molecule has 7 heteroatoms. The molecule has 1 aromatic rings. The number of nitrogens with one attached hydrogen (secondary N) is 2. The third-order valence-corrected chi connectivity index (χ3v) is 3.46. The molecule has 0 unspecified atom stereocenters. The number of carbonyl (C=O) groups excluding carboxylic acids is 1. The van der Waals surface area contributed by atoms with Crippen molar-refractivity contribution in [1.29, 1.82) is 0 Å². The van der Waals surface area contributed by atoms with E-state index in [1.165, 1.54) is 16.7 Å². The van der Waals surface area contributed by atoms with E-state index in [-0.39, 0.29) is 17.1 Å². The maximum atomic E-state index is 11.5. The predicted octanol–water partition coefficient (Wildman–Crippen LogP) is 2.12. The molecule has 0 aliphatic heterocycles. The summed E-state index contributed by atoms with van der Waals surface area (Å²) in [6.45, 7) is 7.43. The van der Waals surface area contributed by atoms with Gasteiger partial charge in [-0.25, -0.2) is 14.6 Å². The number of amides is 2. The van der Waals surface area contributed by atoms with Crippen LogP contribution < -0.4 is 10.6 Å². The molecule has 1 rings (SSSR count). The fraction of sp³-hybridized carbons (Fsp3) is 0.615. The van der Waals surface area contributed by atoms with Crippen molar-refractivity contribution >= 4 is 23.3 Å². The number of rotatable bonds is 6. The number of carbonyl (C=O) groups is 2. The van der Waals surface area contributed by atoms with E-state index >= 15 is 0 Å². The van der Waals surface area contributed by atoms with Gasteiger partial charge in [0, 0.05) is 24.9 Å². The van der Waals surface area contributed by atoms with Crippen LogP contribution in [0, 0.1) is 5.41 Å². The van der Waals surface area contributed by atoms with Gasteiger partial charge in [0.2, 0.25) is 0 Å². The minimum atomic E-state index is -1.03. The van der Waals surface area contributed by atoms with Crippen molar-refractivity contribution < 1.29 is 14.7 Å². The molecule has 0 atom stereocenters. The van der Waals surface area contributed by atoms with E-state index in [1.807, 2.05) is 0 Å². The summed E-state index contributed by atoms with van der Waals surface area (Å²) in [5.41, 5.74) is 0.251. The molecule has 3 N–H and O–H groups in total. The molecule has 112 valence electrons. The Balaban J connectivity index is 2.19. The van der Waals surface area contributed by atoms with E-state index in [1.54, 1.807) is 0 Å². The van der Waals surface area contributed by atoms with Crippen LogP contribution in [0.15, 0.2) is 5.38 Å². The van der Waals surface area contributed by atoms with Crippen LogP contribution in [0.3, 0.4) is 0 Å². The first-order chi connectivity index (χ1) is 9.28. The summed E-state index contributed by atoms with van der Waals surface area (Å²) < 4.78 is 0. The molecular formula is C13H21N3O3S. The molecule has 6 nitrogen and oxygen atoms in total. The summed E-state index contributed by atoms with van der Waals surface area (Å²) in [4.78, 5) is 26.1. The molecule has 0 aliphatic carbocycles. The van der Waals surface area contributed by atoms with E-state index in [0.29, 0.717) is 24.5 Å². The normalized spacial score (nSPS) is 11.2. The summed E-state index contributed by atoms with van der Waals surface area (Å²) in [5, 5.41) is 16.5. The van der Waals surface area contributed by atoms with Crippen molar-refractivity contribution in [3.63, 3.8) is 0 Å². The zero-order valence-electron chi connectivity index (χ0n) is 12.0. The molecule has 0 saturated heterocycles. The zero-order valence-corrected chi connectivity index (χ0v) is 12.8. The monoisotopic (exact) mass is 299 g/mol. The predicted molar refractivity (Wildman–Crippen MR) is 78.3 cm³/mol. The second-order valence-corrected chi connectivity index (χ2v) is 6.62. The molecule has 0 saturated carbocycles. The summed E-state index contributed by atoms with van der Waals surface area (Å²) >= 11 is 1.29. The first kappa shape index (κ1) is 16.4. The number of aromatic carboxylic acids is 1. The second-order valence-electron chi connectivity index (χ2n) is 5.67. The molecular weight excluding hydrogens is 278 g/mol. The number of carboxylic acids is 1. The summed E-state index contributed by atoms with van der Waals surface area (Å²) in [6, 6.07) is -0.204. The van der Waals surface area contributed by atoms with Crippen molar-refractivity contribution in [2.45, 2.75) is 33.6 Å². The lowest BCUT2D eigenvalue weighted by molar-refractivity contribution is 0.0691. The van der Waals surface area contributed by atoms with Crippen LogP contribution in [0.25, 0.3) is 0 Å². The van der Waals surface area contributed by atoms with Gasteiger partial charge in [0.05, 0.1) is 5.01 Å². The fourth-order valence-electron chi connectivity index (χ4n) is 1.42. The highest BCUT2D eigenvalue weighted by Crippen LogP contribution is 2.16. The molecule has 0 bridgehead atoms. The SMILES string of the molecule is CC(C)(C)CCNC(=O)NCCc1nc(C(=O)O)cs1. The Hall–Kier alpha value is -1.63. The van der Waals surface area contributed by atoms with Crippen LogP contribution in [-0.4, -0.2) is 35.2 Å². The van der Waals surface area contributed by atoms with Crippen molar-refractivity contribution in [1.82, 2.24) is 15.6 Å². The molecule has 0 aliphatic rings. The zero-order chi connectivity index (χ0) is 15.2. The van der Waals surface area contributed by atoms with Crippen LogP contribution in [-0.2, 0) is 6.42 Å². The Kier molecular flexibility index (Phi) is 5.94. The largest absolute Gasteiger partial charge is 0.476 e. The van der Waals surface area contributed by atoms with Crippen LogP contribution in [0.4, 0.5) is 4.79 Å². The van der Waals surface area contributed by atoms with Crippen molar-refractivity contribution in [3.05, 3.63) is 16.1 Å². The lowest BCUT2D eigenvalue weighted by atomic mass is 9.92. The maximum absolute atomic E-state index is 11.5. The van der Waals surface area contributed by atoms with Crippen molar-refractivity contribution in [2.24, 2.45) is 5.41 Å². The van der Waals surface area contributed by atoms with Gasteiger partial charge >= 0.3 is 12.0 Å². The quantitative estimate of drug-likeness (QED) is 0.750. The van der Waals surface area contributed by atoms with Gasteiger partial charge in [0.15, 0.2) is 5.69 Å². The lowest BCUT2D eigenvalue weighted by Gasteiger charge is -2.18. The standard InChI is InChI=1S/C13H21N3O3S/c1-13(2,3)5-7-15-12(19)14-6-4-10-16-9(8-20-10)11(17)18/h8H,4-7H2,1-3H3,(H,17,18)(H2,14,15,19). The Labute approximate surface area is 122 Å². The van der Waals surface area contributed by atoms with E-state index in [0.717, 1.165) is 6.42 Å². The number of carboxylic acid groups (broad SMARTS) is 1. The molecule has 0 fully saturated rings. The van der Waals surface area contributed by atoms with E-state index in [9.17, 15) is 9.59 Å². The minimum absolute atomic E-state index is 0.0552. The third-order valence-electron chi connectivity index (χ3n) is 2.56. The van der Waals surface area contributed by atoms with Gasteiger partial charge in [-0.05, 0) is 11.8 Å². The molecule has 1 aromatic heterocycles. The van der Waals surface area contributed by atoms with E-state index in [4.69, 9.17) is 5.11 Å². The van der Waals surface area contributed by atoms with E-state index in [2.05, 4.69) is 36.4 Å². The van der Waals surface area contributed by atoms with Gasteiger partial charge in [0.1, 0.15) is 0 Å².